The van der Waals surface area contributed by atoms with Crippen molar-refractivity contribution < 1.29 is 18.0 Å². The Balaban J connectivity index is 1.72. The van der Waals surface area contributed by atoms with Crippen molar-refractivity contribution in [3.8, 4) is 11.1 Å². The van der Waals surface area contributed by atoms with E-state index in [0.717, 1.165) is 25.0 Å². The minimum absolute atomic E-state index is 0.124. The predicted octanol–water partition coefficient (Wildman–Crippen LogP) is 4.10. The van der Waals surface area contributed by atoms with Crippen molar-refractivity contribution in [3.05, 3.63) is 48.3 Å². The number of hydrogen-bond donors (Lipinski definition) is 0. The number of hydrogen-bond acceptors (Lipinski definition) is 3. The summed E-state index contributed by atoms with van der Waals surface area (Å²) in [6.45, 7) is 0.169. The first kappa shape index (κ1) is 15.8. The molecule has 0 amide bonds. The van der Waals surface area contributed by atoms with Gasteiger partial charge < -0.3 is 0 Å². The number of rotatable bonds is 4. The molecule has 1 aliphatic carbocycles. The third kappa shape index (κ3) is 3.14. The Bertz CT molecular complexity index is 958. The number of ketones is 1. The van der Waals surface area contributed by atoms with Crippen LogP contribution in [0.4, 0.5) is 13.2 Å². The first-order valence-electron chi connectivity index (χ1n) is 7.94. The average Bonchev–Trinajstić information content (AvgIpc) is 3.37. The molecule has 128 valence electrons. The van der Waals surface area contributed by atoms with Crippen molar-refractivity contribution in [3.63, 3.8) is 0 Å². The Morgan fingerprint density at radius 2 is 1.96 bits per heavy atom. The van der Waals surface area contributed by atoms with Crippen molar-refractivity contribution in [2.45, 2.75) is 25.6 Å². The molecule has 4 rings (SSSR count). The fourth-order valence-corrected chi connectivity index (χ4v) is 2.80. The van der Waals surface area contributed by atoms with Gasteiger partial charge in [0.15, 0.2) is 5.78 Å². The van der Waals surface area contributed by atoms with E-state index >= 15 is 0 Å². The zero-order valence-corrected chi connectivity index (χ0v) is 13.1. The molecule has 1 fully saturated rings. The van der Waals surface area contributed by atoms with Crippen LogP contribution in [0.3, 0.4) is 0 Å². The van der Waals surface area contributed by atoms with E-state index in [1.165, 1.54) is 12.3 Å². The number of aromatic nitrogens is 3. The van der Waals surface area contributed by atoms with Gasteiger partial charge in [0.25, 0.3) is 0 Å². The lowest BCUT2D eigenvalue weighted by Gasteiger charge is -2.09. The van der Waals surface area contributed by atoms with Gasteiger partial charge >= 0.3 is 6.18 Å². The molecule has 2 aromatic heterocycles. The Morgan fingerprint density at radius 3 is 2.68 bits per heavy atom. The highest BCUT2D eigenvalue weighted by Crippen LogP contribution is 2.33. The van der Waals surface area contributed by atoms with Gasteiger partial charge in [0, 0.05) is 17.7 Å². The summed E-state index contributed by atoms with van der Waals surface area (Å²) in [6.07, 6.45) is 0.529. The molecule has 0 bridgehead atoms. The summed E-state index contributed by atoms with van der Waals surface area (Å²) in [7, 11) is 0. The minimum atomic E-state index is -4.40. The Morgan fingerprint density at radius 1 is 1.16 bits per heavy atom. The number of nitrogens with zero attached hydrogens (tertiary/aromatic N) is 3. The Labute approximate surface area is 141 Å². The van der Waals surface area contributed by atoms with Crippen LogP contribution in [-0.2, 0) is 17.5 Å². The number of alkyl halides is 3. The predicted molar refractivity (Wildman–Crippen MR) is 85.7 cm³/mol. The van der Waals surface area contributed by atoms with Gasteiger partial charge in [0.05, 0.1) is 17.3 Å². The SMILES string of the molecule is O=C(Cn1ncc2ncc(-c3cccc(C(F)(F)F)c3)cc21)C1CC1. The lowest BCUT2D eigenvalue weighted by atomic mass is 10.0. The number of pyridine rings is 1. The number of Topliss-reactive ketones (excluding diaryl/α,β-unsaturated/α-hetero) is 1. The van der Waals surface area contributed by atoms with Crippen LogP contribution in [0.15, 0.2) is 42.7 Å². The summed E-state index contributed by atoms with van der Waals surface area (Å²) in [5, 5.41) is 4.19. The molecule has 1 aliphatic rings. The minimum Gasteiger partial charge on any atom is -0.297 e. The summed E-state index contributed by atoms with van der Waals surface area (Å²) < 4.78 is 40.3. The zero-order chi connectivity index (χ0) is 17.6. The normalized spacial score (nSPS) is 14.8. The van der Waals surface area contributed by atoms with Gasteiger partial charge in [0.1, 0.15) is 12.1 Å². The van der Waals surface area contributed by atoms with Crippen LogP contribution < -0.4 is 0 Å². The van der Waals surface area contributed by atoms with Gasteiger partial charge in [-0.2, -0.15) is 18.3 Å². The molecule has 4 nitrogen and oxygen atoms in total. The van der Waals surface area contributed by atoms with Gasteiger partial charge in [-0.1, -0.05) is 12.1 Å². The quantitative estimate of drug-likeness (QED) is 0.715. The maximum absolute atomic E-state index is 12.9. The van der Waals surface area contributed by atoms with E-state index < -0.39 is 11.7 Å². The first-order valence-corrected chi connectivity index (χ1v) is 7.94. The maximum Gasteiger partial charge on any atom is 0.416 e. The molecule has 0 saturated heterocycles. The second kappa shape index (κ2) is 5.68. The standard InChI is InChI=1S/C18H14F3N3O/c19-18(20,21)14-3-1-2-12(6-14)13-7-16-15(22-8-13)9-23-24(16)10-17(25)11-4-5-11/h1-3,6-9,11H,4-5,10H2. The smallest absolute Gasteiger partial charge is 0.297 e. The van der Waals surface area contributed by atoms with Gasteiger partial charge in [0.2, 0.25) is 0 Å². The van der Waals surface area contributed by atoms with Gasteiger partial charge in [-0.25, -0.2) is 0 Å². The molecule has 7 heteroatoms. The second-order valence-corrected chi connectivity index (χ2v) is 6.25. The van der Waals surface area contributed by atoms with Gasteiger partial charge in [-0.05, 0) is 36.6 Å². The van der Waals surface area contributed by atoms with Crippen LogP contribution in [0.5, 0.6) is 0 Å². The molecular formula is C18H14F3N3O. The Kier molecular flexibility index (Phi) is 3.59. The Hall–Kier alpha value is -2.70. The maximum atomic E-state index is 12.9. The fraction of sp³-hybridized carbons (Fsp3) is 0.278. The fourth-order valence-electron chi connectivity index (χ4n) is 2.80. The molecule has 0 N–H and O–H groups in total. The van der Waals surface area contributed by atoms with Crippen LogP contribution in [-0.4, -0.2) is 20.5 Å². The molecule has 3 aromatic rings. The van der Waals surface area contributed by atoms with Crippen molar-refractivity contribution in [1.82, 2.24) is 14.8 Å². The van der Waals surface area contributed by atoms with Crippen LogP contribution in [0.25, 0.3) is 22.2 Å². The van der Waals surface area contributed by atoms with Crippen molar-refractivity contribution in [2.75, 3.05) is 0 Å². The average molecular weight is 345 g/mol. The summed E-state index contributed by atoms with van der Waals surface area (Å²) in [4.78, 5) is 16.3. The number of carbonyl (C=O) groups is 1. The molecule has 0 radical (unpaired) electrons. The molecule has 0 atom stereocenters. The van der Waals surface area contributed by atoms with Crippen LogP contribution in [0.2, 0.25) is 0 Å². The van der Waals surface area contributed by atoms with Crippen LogP contribution in [0.1, 0.15) is 18.4 Å². The van der Waals surface area contributed by atoms with Crippen molar-refractivity contribution in [2.24, 2.45) is 5.92 Å². The van der Waals surface area contributed by atoms with Gasteiger partial charge in [-0.15, -0.1) is 0 Å². The van der Waals surface area contributed by atoms with E-state index in [1.54, 1.807) is 23.0 Å². The summed E-state index contributed by atoms with van der Waals surface area (Å²) in [5.74, 6) is 0.258. The molecule has 2 heterocycles. The van der Waals surface area contributed by atoms with Crippen LogP contribution in [0, 0.1) is 5.92 Å². The molecule has 0 unspecified atom stereocenters. The molecular weight excluding hydrogens is 331 g/mol. The lowest BCUT2D eigenvalue weighted by Crippen LogP contribution is -2.12. The van der Waals surface area contributed by atoms with Crippen molar-refractivity contribution in [1.29, 1.82) is 0 Å². The van der Waals surface area contributed by atoms with E-state index in [0.29, 0.717) is 22.2 Å². The highest BCUT2D eigenvalue weighted by molar-refractivity contribution is 5.86. The van der Waals surface area contributed by atoms with E-state index in [4.69, 9.17) is 0 Å². The molecule has 0 aliphatic heterocycles. The lowest BCUT2D eigenvalue weighted by molar-refractivity contribution is -0.137. The molecule has 0 spiro atoms. The summed E-state index contributed by atoms with van der Waals surface area (Å²) >= 11 is 0. The van der Waals surface area contributed by atoms with E-state index in [-0.39, 0.29) is 18.2 Å². The number of carbonyl (C=O) groups excluding carboxylic acids is 1. The summed E-state index contributed by atoms with van der Waals surface area (Å²) in [6, 6.07) is 6.84. The largest absolute Gasteiger partial charge is 0.416 e. The second-order valence-electron chi connectivity index (χ2n) is 6.25. The highest BCUT2D eigenvalue weighted by Gasteiger charge is 2.31. The number of benzene rings is 1. The van der Waals surface area contributed by atoms with E-state index in [2.05, 4.69) is 10.1 Å². The van der Waals surface area contributed by atoms with Crippen molar-refractivity contribution >= 4 is 16.8 Å². The first-order chi connectivity index (χ1) is 11.9. The molecule has 1 aromatic carbocycles. The third-order valence-electron chi connectivity index (χ3n) is 4.36. The number of halogens is 3. The van der Waals surface area contributed by atoms with E-state index in [9.17, 15) is 18.0 Å². The third-order valence-corrected chi connectivity index (χ3v) is 4.36. The topological polar surface area (TPSA) is 47.8 Å². The molecule has 25 heavy (non-hydrogen) atoms. The van der Waals surface area contributed by atoms with Gasteiger partial charge in [-0.3, -0.25) is 14.5 Å². The number of fused-ring (bicyclic) bond motifs is 1. The van der Waals surface area contributed by atoms with E-state index in [1.807, 2.05) is 0 Å². The highest BCUT2D eigenvalue weighted by atomic mass is 19.4. The zero-order valence-electron chi connectivity index (χ0n) is 13.1. The van der Waals surface area contributed by atoms with Crippen LogP contribution >= 0.6 is 0 Å². The monoisotopic (exact) mass is 345 g/mol. The molecule has 1 saturated carbocycles. The summed E-state index contributed by atoms with van der Waals surface area (Å²) in [5.41, 5.74) is 1.52.